The standard InChI is InChI=1S/C13H21F3N4/c1-4-6-7-20(9(3)5-2)11-8-10(17)18-12(19-11)13(14,15)16/h8-9H,4-7H2,1-3H3,(H2,17,18,19). The first-order chi connectivity index (χ1) is 9.29. The van der Waals surface area contributed by atoms with Gasteiger partial charge in [-0.1, -0.05) is 20.3 Å². The van der Waals surface area contributed by atoms with Crippen molar-refractivity contribution in [3.63, 3.8) is 0 Å². The number of alkyl halides is 3. The van der Waals surface area contributed by atoms with Crippen LogP contribution >= 0.6 is 0 Å². The second-order valence-electron chi connectivity index (χ2n) is 4.78. The summed E-state index contributed by atoms with van der Waals surface area (Å²) >= 11 is 0. The van der Waals surface area contributed by atoms with Crippen LogP contribution in [0.25, 0.3) is 0 Å². The van der Waals surface area contributed by atoms with Crippen LogP contribution in [0.5, 0.6) is 0 Å². The van der Waals surface area contributed by atoms with Crippen LogP contribution in [-0.2, 0) is 6.18 Å². The fourth-order valence-corrected chi connectivity index (χ4v) is 1.84. The van der Waals surface area contributed by atoms with Crippen molar-refractivity contribution in [1.82, 2.24) is 9.97 Å². The van der Waals surface area contributed by atoms with Crippen molar-refractivity contribution in [2.75, 3.05) is 17.2 Å². The monoisotopic (exact) mass is 290 g/mol. The molecule has 0 radical (unpaired) electrons. The van der Waals surface area contributed by atoms with Gasteiger partial charge in [-0.25, -0.2) is 9.97 Å². The molecule has 1 rings (SSSR count). The lowest BCUT2D eigenvalue weighted by atomic mass is 10.2. The minimum Gasteiger partial charge on any atom is -0.384 e. The summed E-state index contributed by atoms with van der Waals surface area (Å²) in [4.78, 5) is 8.76. The van der Waals surface area contributed by atoms with E-state index in [2.05, 4.69) is 9.97 Å². The highest BCUT2D eigenvalue weighted by molar-refractivity contribution is 5.48. The summed E-state index contributed by atoms with van der Waals surface area (Å²) in [6.45, 7) is 6.63. The molecule has 1 heterocycles. The molecule has 1 unspecified atom stereocenters. The van der Waals surface area contributed by atoms with E-state index in [9.17, 15) is 13.2 Å². The van der Waals surface area contributed by atoms with Gasteiger partial charge in [-0.05, 0) is 19.8 Å². The van der Waals surface area contributed by atoms with Crippen LogP contribution in [-0.4, -0.2) is 22.6 Å². The fraction of sp³-hybridized carbons (Fsp3) is 0.692. The molecule has 0 aromatic carbocycles. The van der Waals surface area contributed by atoms with Gasteiger partial charge in [-0.3, -0.25) is 0 Å². The Bertz CT molecular complexity index is 434. The molecular formula is C13H21F3N4. The van der Waals surface area contributed by atoms with E-state index >= 15 is 0 Å². The molecule has 0 saturated carbocycles. The maximum Gasteiger partial charge on any atom is 0.451 e. The summed E-state index contributed by atoms with van der Waals surface area (Å²) in [6, 6.07) is 1.49. The number of nitrogens with zero attached hydrogens (tertiary/aromatic N) is 3. The van der Waals surface area contributed by atoms with E-state index in [1.807, 2.05) is 25.7 Å². The summed E-state index contributed by atoms with van der Waals surface area (Å²) in [5.41, 5.74) is 5.49. The Morgan fingerprint density at radius 3 is 2.45 bits per heavy atom. The molecule has 2 N–H and O–H groups in total. The minimum atomic E-state index is -4.59. The Balaban J connectivity index is 3.15. The summed E-state index contributed by atoms with van der Waals surface area (Å²) in [5, 5.41) is 0. The lowest BCUT2D eigenvalue weighted by Gasteiger charge is -2.30. The average molecular weight is 290 g/mol. The lowest BCUT2D eigenvalue weighted by Crippen LogP contribution is -2.35. The third-order valence-electron chi connectivity index (χ3n) is 3.16. The highest BCUT2D eigenvalue weighted by Crippen LogP contribution is 2.29. The van der Waals surface area contributed by atoms with Crippen LogP contribution in [0.3, 0.4) is 0 Å². The highest BCUT2D eigenvalue weighted by Gasteiger charge is 2.35. The van der Waals surface area contributed by atoms with Crippen LogP contribution in [0.2, 0.25) is 0 Å². The van der Waals surface area contributed by atoms with E-state index in [-0.39, 0.29) is 17.7 Å². The quantitative estimate of drug-likeness (QED) is 0.871. The Hall–Kier alpha value is -1.53. The molecule has 4 nitrogen and oxygen atoms in total. The molecule has 7 heteroatoms. The highest BCUT2D eigenvalue weighted by atomic mass is 19.4. The van der Waals surface area contributed by atoms with E-state index in [1.54, 1.807) is 0 Å². The Labute approximate surface area is 117 Å². The molecule has 0 bridgehead atoms. The molecule has 0 aliphatic rings. The Morgan fingerprint density at radius 1 is 1.30 bits per heavy atom. The van der Waals surface area contributed by atoms with Crippen LogP contribution < -0.4 is 10.6 Å². The zero-order chi connectivity index (χ0) is 15.3. The van der Waals surface area contributed by atoms with Crippen molar-refractivity contribution < 1.29 is 13.2 Å². The van der Waals surface area contributed by atoms with Gasteiger partial charge in [0, 0.05) is 18.7 Å². The average Bonchev–Trinajstić information content (AvgIpc) is 2.37. The molecule has 1 aromatic rings. The molecule has 1 atom stereocenters. The smallest absolute Gasteiger partial charge is 0.384 e. The van der Waals surface area contributed by atoms with Crippen LogP contribution in [0.1, 0.15) is 45.9 Å². The number of nitrogens with two attached hydrogens (primary N) is 1. The second kappa shape index (κ2) is 6.76. The number of halogens is 3. The number of rotatable bonds is 6. The largest absolute Gasteiger partial charge is 0.451 e. The van der Waals surface area contributed by atoms with E-state index < -0.39 is 12.0 Å². The van der Waals surface area contributed by atoms with Gasteiger partial charge in [0.25, 0.3) is 0 Å². The molecule has 114 valence electrons. The lowest BCUT2D eigenvalue weighted by molar-refractivity contribution is -0.144. The van der Waals surface area contributed by atoms with Crippen LogP contribution in [0.15, 0.2) is 6.07 Å². The molecule has 0 aliphatic carbocycles. The molecule has 0 amide bonds. The first-order valence-corrected chi connectivity index (χ1v) is 6.78. The number of hydrogen-bond acceptors (Lipinski definition) is 4. The van der Waals surface area contributed by atoms with Crippen molar-refractivity contribution >= 4 is 11.6 Å². The van der Waals surface area contributed by atoms with Gasteiger partial charge < -0.3 is 10.6 Å². The normalized spacial score (nSPS) is 13.3. The van der Waals surface area contributed by atoms with E-state index in [4.69, 9.17) is 5.73 Å². The Kier molecular flexibility index (Phi) is 5.59. The predicted octanol–water partition coefficient (Wildman–Crippen LogP) is 3.48. The van der Waals surface area contributed by atoms with Crippen molar-refractivity contribution in [2.45, 2.75) is 52.3 Å². The number of unbranched alkanes of at least 4 members (excludes halogenated alkanes) is 1. The molecule has 20 heavy (non-hydrogen) atoms. The van der Waals surface area contributed by atoms with Gasteiger partial charge >= 0.3 is 6.18 Å². The molecule has 0 spiro atoms. The molecule has 0 saturated heterocycles. The summed E-state index contributed by atoms with van der Waals surface area (Å²) in [5.74, 6) is -1.10. The zero-order valence-electron chi connectivity index (χ0n) is 12.0. The first-order valence-electron chi connectivity index (χ1n) is 6.78. The van der Waals surface area contributed by atoms with Gasteiger partial charge in [0.2, 0.25) is 5.82 Å². The van der Waals surface area contributed by atoms with Crippen molar-refractivity contribution in [3.8, 4) is 0 Å². The number of aromatic nitrogens is 2. The maximum absolute atomic E-state index is 12.7. The molecule has 1 aromatic heterocycles. The van der Waals surface area contributed by atoms with Crippen LogP contribution in [0, 0.1) is 0 Å². The SMILES string of the molecule is CCCCN(c1cc(N)nc(C(F)(F)F)n1)C(C)CC. The van der Waals surface area contributed by atoms with Gasteiger partial charge in [-0.15, -0.1) is 0 Å². The number of hydrogen-bond donors (Lipinski definition) is 1. The minimum absolute atomic E-state index is 0.0944. The van der Waals surface area contributed by atoms with Gasteiger partial charge in [0.1, 0.15) is 11.6 Å². The second-order valence-corrected chi connectivity index (χ2v) is 4.78. The van der Waals surface area contributed by atoms with Crippen molar-refractivity contribution in [3.05, 3.63) is 11.9 Å². The van der Waals surface area contributed by atoms with E-state index in [1.165, 1.54) is 6.07 Å². The maximum atomic E-state index is 12.7. The molecule has 0 aliphatic heterocycles. The molecular weight excluding hydrogens is 269 g/mol. The Morgan fingerprint density at radius 2 is 1.95 bits per heavy atom. The van der Waals surface area contributed by atoms with Gasteiger partial charge in [0.15, 0.2) is 0 Å². The van der Waals surface area contributed by atoms with E-state index in [0.29, 0.717) is 6.54 Å². The van der Waals surface area contributed by atoms with Gasteiger partial charge in [0.05, 0.1) is 0 Å². The molecule has 0 fully saturated rings. The summed E-state index contributed by atoms with van der Waals surface area (Å²) < 4.78 is 38.2. The van der Waals surface area contributed by atoms with Crippen molar-refractivity contribution in [2.24, 2.45) is 0 Å². The van der Waals surface area contributed by atoms with E-state index in [0.717, 1.165) is 19.3 Å². The summed E-state index contributed by atoms with van der Waals surface area (Å²) in [7, 11) is 0. The summed E-state index contributed by atoms with van der Waals surface area (Å²) in [6.07, 6.45) is -1.93. The third-order valence-corrected chi connectivity index (χ3v) is 3.16. The fourth-order valence-electron chi connectivity index (χ4n) is 1.84. The first kappa shape index (κ1) is 16.5. The van der Waals surface area contributed by atoms with Gasteiger partial charge in [-0.2, -0.15) is 13.2 Å². The predicted molar refractivity (Wildman–Crippen MR) is 73.5 cm³/mol. The van der Waals surface area contributed by atoms with Crippen LogP contribution in [0.4, 0.5) is 24.8 Å². The number of anilines is 2. The zero-order valence-corrected chi connectivity index (χ0v) is 12.0. The topological polar surface area (TPSA) is 55.0 Å². The van der Waals surface area contributed by atoms with Crippen molar-refractivity contribution in [1.29, 1.82) is 0 Å². The third kappa shape index (κ3) is 4.25. The number of nitrogen functional groups attached to an aromatic ring is 1.